The first-order valence-electron chi connectivity index (χ1n) is 7.41. The maximum atomic E-state index is 11.3. The number of hydrogen-bond acceptors (Lipinski definition) is 6. The molecule has 0 aliphatic rings. The van der Waals surface area contributed by atoms with Crippen LogP contribution >= 0.6 is 0 Å². The number of hydrogen-bond donors (Lipinski definition) is 2. The van der Waals surface area contributed by atoms with Crippen molar-refractivity contribution in [2.24, 2.45) is 5.14 Å². The lowest BCUT2D eigenvalue weighted by atomic mass is 10.1. The normalized spacial score (nSPS) is 11.2. The van der Waals surface area contributed by atoms with Crippen LogP contribution in [-0.4, -0.2) is 27.0 Å². The number of sulfonamides is 1. The van der Waals surface area contributed by atoms with Crippen LogP contribution in [0.4, 0.5) is 11.4 Å². The van der Waals surface area contributed by atoms with Crippen molar-refractivity contribution in [1.29, 1.82) is 0 Å². The van der Waals surface area contributed by atoms with Crippen LogP contribution in [0.1, 0.15) is 11.1 Å². The Kier molecular flexibility index (Phi) is 5.60. The summed E-state index contributed by atoms with van der Waals surface area (Å²) in [6.07, 6.45) is 0.582. The minimum absolute atomic E-state index is 0.226. The van der Waals surface area contributed by atoms with Crippen molar-refractivity contribution >= 4 is 21.4 Å². The first-order chi connectivity index (χ1) is 11.7. The van der Waals surface area contributed by atoms with Gasteiger partial charge in [0.05, 0.1) is 16.9 Å². The lowest BCUT2D eigenvalue weighted by Crippen LogP contribution is -2.13. The van der Waals surface area contributed by atoms with Gasteiger partial charge in [0.15, 0.2) is 0 Å². The van der Waals surface area contributed by atoms with Gasteiger partial charge in [0.2, 0.25) is 10.0 Å². The Balaban J connectivity index is 2.18. The number of nitrogens with zero attached hydrogens (tertiary/aromatic N) is 1. The minimum atomic E-state index is -4.00. The van der Waals surface area contributed by atoms with E-state index in [9.17, 15) is 18.5 Å². The number of ether oxygens (including phenoxy) is 1. The van der Waals surface area contributed by atoms with Crippen molar-refractivity contribution in [3.8, 4) is 5.75 Å². The zero-order valence-electron chi connectivity index (χ0n) is 13.9. The summed E-state index contributed by atoms with van der Waals surface area (Å²) in [6.45, 7) is 2.38. The molecule has 134 valence electrons. The van der Waals surface area contributed by atoms with Crippen LogP contribution in [0.2, 0.25) is 0 Å². The van der Waals surface area contributed by atoms with Crippen LogP contribution < -0.4 is 15.2 Å². The molecule has 0 radical (unpaired) electrons. The Labute approximate surface area is 145 Å². The fraction of sp³-hybridized carbons (Fsp3) is 0.250. The molecular weight excluding hydrogens is 346 g/mol. The second kappa shape index (κ2) is 7.49. The molecule has 2 aromatic carbocycles. The van der Waals surface area contributed by atoms with Gasteiger partial charge in [0.25, 0.3) is 5.69 Å². The monoisotopic (exact) mass is 365 g/mol. The number of methoxy groups -OCH3 is 1. The molecule has 9 heteroatoms. The molecule has 0 unspecified atom stereocenters. The van der Waals surface area contributed by atoms with Gasteiger partial charge in [-0.05, 0) is 37.1 Å². The highest BCUT2D eigenvalue weighted by Gasteiger charge is 2.18. The molecule has 0 aromatic heterocycles. The number of nitro benzene ring substituents is 1. The summed E-state index contributed by atoms with van der Waals surface area (Å²) < 4.78 is 28.0. The number of rotatable bonds is 7. The van der Waals surface area contributed by atoms with Crippen LogP contribution in [0.15, 0.2) is 41.3 Å². The van der Waals surface area contributed by atoms with E-state index in [0.29, 0.717) is 13.0 Å². The second-order valence-electron chi connectivity index (χ2n) is 5.47. The molecule has 0 saturated heterocycles. The Morgan fingerprint density at radius 2 is 1.96 bits per heavy atom. The number of aryl methyl sites for hydroxylation is 1. The molecule has 2 rings (SSSR count). The van der Waals surface area contributed by atoms with Crippen molar-refractivity contribution in [2.45, 2.75) is 18.2 Å². The molecule has 0 spiro atoms. The summed E-state index contributed by atoms with van der Waals surface area (Å²) in [5.74, 6) is 0.742. The topological polar surface area (TPSA) is 125 Å². The highest BCUT2D eigenvalue weighted by molar-refractivity contribution is 7.89. The Bertz CT molecular complexity index is 897. The van der Waals surface area contributed by atoms with Crippen LogP contribution in [-0.2, 0) is 16.4 Å². The van der Waals surface area contributed by atoms with Gasteiger partial charge in [-0.3, -0.25) is 10.1 Å². The molecule has 0 heterocycles. The van der Waals surface area contributed by atoms with Crippen LogP contribution in [0, 0.1) is 17.0 Å². The van der Waals surface area contributed by atoms with E-state index in [2.05, 4.69) is 5.32 Å². The molecule has 2 aromatic rings. The molecule has 0 bridgehead atoms. The summed E-state index contributed by atoms with van der Waals surface area (Å²) in [5.41, 5.74) is 1.94. The highest BCUT2D eigenvalue weighted by Crippen LogP contribution is 2.27. The van der Waals surface area contributed by atoms with E-state index >= 15 is 0 Å². The number of anilines is 1. The predicted molar refractivity (Wildman–Crippen MR) is 94.4 cm³/mol. The molecule has 0 aliphatic carbocycles. The van der Waals surface area contributed by atoms with E-state index in [4.69, 9.17) is 9.88 Å². The Hall–Kier alpha value is -2.65. The van der Waals surface area contributed by atoms with E-state index in [0.717, 1.165) is 22.9 Å². The lowest BCUT2D eigenvalue weighted by molar-refractivity contribution is -0.384. The Morgan fingerprint density at radius 1 is 1.24 bits per heavy atom. The fourth-order valence-electron chi connectivity index (χ4n) is 2.42. The summed E-state index contributed by atoms with van der Waals surface area (Å²) in [5, 5.41) is 19.2. The zero-order chi connectivity index (χ0) is 18.6. The highest BCUT2D eigenvalue weighted by atomic mass is 32.2. The quantitative estimate of drug-likeness (QED) is 0.572. The molecule has 8 nitrogen and oxygen atoms in total. The first kappa shape index (κ1) is 18.7. The van der Waals surface area contributed by atoms with Crippen molar-refractivity contribution in [3.05, 3.63) is 57.6 Å². The van der Waals surface area contributed by atoms with Gasteiger partial charge in [0.1, 0.15) is 11.4 Å². The third-order valence-electron chi connectivity index (χ3n) is 3.64. The first-order valence-corrected chi connectivity index (χ1v) is 8.95. The third-order valence-corrected chi connectivity index (χ3v) is 4.55. The minimum Gasteiger partial charge on any atom is -0.496 e. The molecule has 0 fully saturated rings. The summed E-state index contributed by atoms with van der Waals surface area (Å²) in [4.78, 5) is 10.2. The Morgan fingerprint density at radius 3 is 2.56 bits per heavy atom. The second-order valence-corrected chi connectivity index (χ2v) is 7.03. The van der Waals surface area contributed by atoms with E-state index in [-0.39, 0.29) is 16.3 Å². The van der Waals surface area contributed by atoms with Crippen molar-refractivity contribution < 1.29 is 18.1 Å². The van der Waals surface area contributed by atoms with Gasteiger partial charge < -0.3 is 10.1 Å². The van der Waals surface area contributed by atoms with Gasteiger partial charge in [-0.15, -0.1) is 0 Å². The number of nitrogens with two attached hydrogens (primary N) is 1. The van der Waals surface area contributed by atoms with Gasteiger partial charge in [-0.25, -0.2) is 13.6 Å². The summed E-state index contributed by atoms with van der Waals surface area (Å²) in [7, 11) is -2.42. The zero-order valence-corrected chi connectivity index (χ0v) is 14.7. The molecule has 0 atom stereocenters. The van der Waals surface area contributed by atoms with Crippen molar-refractivity contribution in [1.82, 2.24) is 0 Å². The standard InChI is InChI=1S/C16H19N3O5S/c1-11-3-6-16(24-2)12(9-11)7-8-18-14-5-4-13(25(17,22)23)10-15(14)19(20)21/h3-6,9-10,18H,7-8H2,1-2H3,(H2,17,22,23). The average Bonchev–Trinajstić information content (AvgIpc) is 2.54. The maximum Gasteiger partial charge on any atom is 0.293 e. The molecule has 0 amide bonds. The van der Waals surface area contributed by atoms with E-state index in [1.54, 1.807) is 7.11 Å². The third kappa shape index (κ3) is 4.68. The van der Waals surface area contributed by atoms with Gasteiger partial charge in [-0.1, -0.05) is 17.7 Å². The van der Waals surface area contributed by atoms with Gasteiger partial charge in [-0.2, -0.15) is 0 Å². The van der Waals surface area contributed by atoms with Crippen LogP contribution in [0.3, 0.4) is 0 Å². The molecular formula is C16H19N3O5S. The van der Waals surface area contributed by atoms with Crippen molar-refractivity contribution in [2.75, 3.05) is 19.0 Å². The largest absolute Gasteiger partial charge is 0.496 e. The predicted octanol–water partition coefficient (Wildman–Crippen LogP) is 2.21. The average molecular weight is 365 g/mol. The fourth-order valence-corrected chi connectivity index (χ4v) is 2.96. The smallest absolute Gasteiger partial charge is 0.293 e. The number of benzene rings is 2. The number of nitro groups is 1. The maximum absolute atomic E-state index is 11.3. The SMILES string of the molecule is COc1ccc(C)cc1CCNc1ccc(S(N)(=O)=O)cc1[N+](=O)[O-]. The van der Waals surface area contributed by atoms with Crippen molar-refractivity contribution in [3.63, 3.8) is 0 Å². The van der Waals surface area contributed by atoms with Crippen LogP contribution in [0.5, 0.6) is 5.75 Å². The molecule has 0 saturated carbocycles. The van der Waals surface area contributed by atoms with E-state index in [1.807, 2.05) is 25.1 Å². The van der Waals surface area contributed by atoms with Gasteiger partial charge >= 0.3 is 0 Å². The number of nitrogens with one attached hydrogen (secondary N) is 1. The lowest BCUT2D eigenvalue weighted by Gasteiger charge is -2.11. The molecule has 3 N–H and O–H groups in total. The summed E-state index contributed by atoms with van der Waals surface area (Å²) >= 11 is 0. The van der Waals surface area contributed by atoms with Gasteiger partial charge in [0, 0.05) is 12.6 Å². The number of primary sulfonamides is 1. The molecule has 25 heavy (non-hydrogen) atoms. The van der Waals surface area contributed by atoms with Crippen LogP contribution in [0.25, 0.3) is 0 Å². The van der Waals surface area contributed by atoms with E-state index < -0.39 is 14.9 Å². The van der Waals surface area contributed by atoms with E-state index in [1.165, 1.54) is 12.1 Å². The molecule has 0 aliphatic heterocycles. The summed E-state index contributed by atoms with van der Waals surface area (Å²) in [6, 6.07) is 9.31.